The summed E-state index contributed by atoms with van der Waals surface area (Å²) in [5.41, 5.74) is 0. The number of aliphatic hydroxyl groups is 1. The number of carbonyl (C=O) groups excluding carboxylic acids is 4. The number of carbonyl (C=O) groups is 4. The third-order valence-electron chi connectivity index (χ3n) is 16.3. The van der Waals surface area contributed by atoms with E-state index in [0.717, 1.165) is 108 Å². The SMILES string of the molecule is CCCCCCCCCCCCCCC(=O)OC[C@H](COP(=O)(O)OC[C@@H](O)COP(=O)(O)OC[C@@H](COC(=O)CCCCCCCCC(C)CC)OC(=O)CCCCCCCCCCCCCC)OC(=O)CCCCCCCCCCCCCC(C)C. The second kappa shape index (κ2) is 61.3. The van der Waals surface area contributed by atoms with Crippen LogP contribution in [-0.4, -0.2) is 96.7 Å². The van der Waals surface area contributed by atoms with Crippen molar-refractivity contribution in [3.63, 3.8) is 0 Å². The number of unbranched alkanes of at least 4 members (excludes halogenated alkanes) is 37. The van der Waals surface area contributed by atoms with Crippen LogP contribution in [0.4, 0.5) is 0 Å². The van der Waals surface area contributed by atoms with Gasteiger partial charge in [0.2, 0.25) is 0 Å². The Bertz CT molecular complexity index is 1720. The van der Waals surface area contributed by atoms with Crippen LogP contribution in [0.1, 0.15) is 350 Å². The van der Waals surface area contributed by atoms with Crippen LogP contribution in [0.5, 0.6) is 0 Å². The first-order valence-corrected chi connectivity index (χ1v) is 39.0. The van der Waals surface area contributed by atoms with E-state index >= 15 is 0 Å². The van der Waals surface area contributed by atoms with Crippen LogP contribution in [0.2, 0.25) is 0 Å². The molecule has 3 unspecified atom stereocenters. The summed E-state index contributed by atoms with van der Waals surface area (Å²) < 4.78 is 68.2. The minimum Gasteiger partial charge on any atom is -0.462 e. The first kappa shape index (κ1) is 86.1. The van der Waals surface area contributed by atoms with Gasteiger partial charge in [-0.05, 0) is 37.5 Å². The van der Waals surface area contributed by atoms with Crippen molar-refractivity contribution >= 4 is 39.5 Å². The van der Waals surface area contributed by atoms with E-state index in [2.05, 4.69) is 41.5 Å². The average Bonchev–Trinajstić information content (AvgIpc) is 3.70. The average molecular weight is 1300 g/mol. The number of ether oxygens (including phenoxy) is 4. The first-order valence-electron chi connectivity index (χ1n) is 36.0. The quantitative estimate of drug-likeness (QED) is 0.0222. The van der Waals surface area contributed by atoms with E-state index in [1.165, 1.54) is 161 Å². The summed E-state index contributed by atoms with van der Waals surface area (Å²) in [5, 5.41) is 10.6. The molecule has 0 saturated carbocycles. The normalized spacial score (nSPS) is 14.5. The summed E-state index contributed by atoms with van der Waals surface area (Å²) in [7, 11) is -9.90. The van der Waals surface area contributed by atoms with Crippen LogP contribution in [0, 0.1) is 11.8 Å². The second-order valence-electron chi connectivity index (χ2n) is 25.6. The van der Waals surface area contributed by atoms with Gasteiger partial charge in [-0.1, -0.05) is 298 Å². The number of rotatable bonds is 68. The van der Waals surface area contributed by atoms with Crippen molar-refractivity contribution in [1.29, 1.82) is 0 Å². The highest BCUT2D eigenvalue weighted by molar-refractivity contribution is 7.47. The fraction of sp³-hybridized carbons (Fsp3) is 0.942. The van der Waals surface area contributed by atoms with E-state index in [4.69, 9.17) is 37.0 Å². The molecule has 0 aromatic rings. The maximum Gasteiger partial charge on any atom is 0.472 e. The third kappa shape index (κ3) is 61.6. The van der Waals surface area contributed by atoms with Gasteiger partial charge < -0.3 is 33.8 Å². The van der Waals surface area contributed by atoms with E-state index in [1.54, 1.807) is 0 Å². The van der Waals surface area contributed by atoms with Gasteiger partial charge in [-0.2, -0.15) is 0 Å². The molecule has 0 aliphatic rings. The van der Waals surface area contributed by atoms with E-state index in [-0.39, 0.29) is 25.7 Å². The van der Waals surface area contributed by atoms with Crippen LogP contribution in [-0.2, 0) is 65.4 Å². The largest absolute Gasteiger partial charge is 0.472 e. The molecule has 0 radical (unpaired) electrons. The monoisotopic (exact) mass is 1300 g/mol. The van der Waals surface area contributed by atoms with Crippen LogP contribution in [0.3, 0.4) is 0 Å². The molecule has 0 aromatic heterocycles. The van der Waals surface area contributed by atoms with E-state index < -0.39 is 97.5 Å². The first-order chi connectivity index (χ1) is 42.4. The van der Waals surface area contributed by atoms with Crippen molar-refractivity contribution in [2.75, 3.05) is 39.6 Å². The van der Waals surface area contributed by atoms with Crippen LogP contribution in [0.25, 0.3) is 0 Å². The zero-order chi connectivity index (χ0) is 65.0. The van der Waals surface area contributed by atoms with Gasteiger partial charge >= 0.3 is 39.5 Å². The molecule has 6 atom stereocenters. The topological polar surface area (TPSA) is 237 Å². The molecule has 88 heavy (non-hydrogen) atoms. The highest BCUT2D eigenvalue weighted by Crippen LogP contribution is 2.45. The fourth-order valence-corrected chi connectivity index (χ4v) is 12.0. The zero-order valence-electron chi connectivity index (χ0n) is 57.0. The molecule has 0 aromatic carbocycles. The Hall–Kier alpha value is -1.94. The van der Waals surface area contributed by atoms with Gasteiger partial charge in [-0.15, -0.1) is 0 Å². The minimum absolute atomic E-state index is 0.106. The molecule has 0 spiro atoms. The highest BCUT2D eigenvalue weighted by atomic mass is 31.2. The number of esters is 4. The van der Waals surface area contributed by atoms with Crippen molar-refractivity contribution in [2.24, 2.45) is 11.8 Å². The van der Waals surface area contributed by atoms with Gasteiger partial charge in [0.1, 0.15) is 19.3 Å². The standard InChI is InChI=1S/C69H134O17P2/c1-7-10-12-14-16-18-20-24-28-32-39-45-51-66(71)79-57-64(85-69(74)54-48-42-34-30-26-22-23-27-31-37-43-49-61(4)5)59-83-87(75,76)81-55-63(70)56-82-88(77,78)84-60-65(58-80-67(72)52-46-40-36-35-38-44-50-62(6)9-3)86-68(73)53-47-41-33-29-25-21-19-17-15-13-11-8-2/h61-65,70H,7-60H2,1-6H3,(H,75,76)(H,77,78)/t62?,63-,64-,65-/m1/s1. The Balaban J connectivity index is 5.26. The lowest BCUT2D eigenvalue weighted by molar-refractivity contribution is -0.161. The number of hydrogen-bond acceptors (Lipinski definition) is 15. The molecule has 0 fully saturated rings. The van der Waals surface area contributed by atoms with Crippen molar-refractivity contribution in [3.05, 3.63) is 0 Å². The van der Waals surface area contributed by atoms with Crippen molar-refractivity contribution in [1.82, 2.24) is 0 Å². The molecule has 0 heterocycles. The minimum atomic E-state index is -4.95. The zero-order valence-corrected chi connectivity index (χ0v) is 58.8. The summed E-state index contributed by atoms with van der Waals surface area (Å²) in [5.74, 6) is -0.628. The number of phosphoric ester groups is 2. The lowest BCUT2D eigenvalue weighted by Crippen LogP contribution is -2.30. The fourth-order valence-electron chi connectivity index (χ4n) is 10.4. The van der Waals surface area contributed by atoms with Crippen molar-refractivity contribution < 1.29 is 80.2 Å². The molecule has 17 nitrogen and oxygen atoms in total. The predicted octanol–water partition coefficient (Wildman–Crippen LogP) is 19.6. The van der Waals surface area contributed by atoms with Gasteiger partial charge in [-0.3, -0.25) is 37.3 Å². The smallest absolute Gasteiger partial charge is 0.462 e. The lowest BCUT2D eigenvalue weighted by atomic mass is 10.00. The predicted molar refractivity (Wildman–Crippen MR) is 354 cm³/mol. The summed E-state index contributed by atoms with van der Waals surface area (Å²) in [6, 6.07) is 0. The molecule has 0 rings (SSSR count). The Morgan fingerprint density at radius 2 is 0.580 bits per heavy atom. The summed E-state index contributed by atoms with van der Waals surface area (Å²) in [6.07, 6.45) is 45.7. The Morgan fingerprint density at radius 1 is 0.330 bits per heavy atom. The molecule has 0 aliphatic heterocycles. The molecule has 19 heteroatoms. The molecule has 522 valence electrons. The summed E-state index contributed by atoms with van der Waals surface area (Å²) >= 11 is 0. The second-order valence-corrected chi connectivity index (χ2v) is 28.5. The van der Waals surface area contributed by atoms with Crippen molar-refractivity contribution in [2.45, 2.75) is 368 Å². The molecule has 3 N–H and O–H groups in total. The molecular formula is C69H134O17P2. The van der Waals surface area contributed by atoms with E-state index in [0.29, 0.717) is 25.7 Å². The number of phosphoric acid groups is 2. The van der Waals surface area contributed by atoms with Crippen molar-refractivity contribution in [3.8, 4) is 0 Å². The maximum absolute atomic E-state index is 13.0. The van der Waals surface area contributed by atoms with E-state index in [9.17, 15) is 43.2 Å². The van der Waals surface area contributed by atoms with Gasteiger partial charge in [0.15, 0.2) is 12.2 Å². The molecule has 0 amide bonds. The van der Waals surface area contributed by atoms with Crippen LogP contribution < -0.4 is 0 Å². The number of hydrogen-bond donors (Lipinski definition) is 3. The van der Waals surface area contributed by atoms with Gasteiger partial charge in [-0.25, -0.2) is 9.13 Å². The summed E-state index contributed by atoms with van der Waals surface area (Å²) in [6.45, 7) is 9.50. The summed E-state index contributed by atoms with van der Waals surface area (Å²) in [4.78, 5) is 72.5. The Kier molecular flexibility index (Phi) is 59.9. The third-order valence-corrected chi connectivity index (χ3v) is 18.2. The lowest BCUT2D eigenvalue weighted by Gasteiger charge is -2.21. The molecular weight excluding hydrogens is 1160 g/mol. The maximum atomic E-state index is 13.0. The molecule has 0 saturated heterocycles. The van der Waals surface area contributed by atoms with Gasteiger partial charge in [0.25, 0.3) is 0 Å². The van der Waals surface area contributed by atoms with Crippen LogP contribution >= 0.6 is 15.6 Å². The Labute approximate surface area is 537 Å². The number of aliphatic hydroxyl groups excluding tert-OH is 1. The van der Waals surface area contributed by atoms with Gasteiger partial charge in [0, 0.05) is 25.7 Å². The Morgan fingerprint density at radius 3 is 0.864 bits per heavy atom. The highest BCUT2D eigenvalue weighted by Gasteiger charge is 2.30. The molecule has 0 aliphatic carbocycles. The molecule has 0 bridgehead atoms. The van der Waals surface area contributed by atoms with Crippen LogP contribution in [0.15, 0.2) is 0 Å². The van der Waals surface area contributed by atoms with E-state index in [1.807, 2.05) is 0 Å². The van der Waals surface area contributed by atoms with Gasteiger partial charge in [0.05, 0.1) is 26.4 Å².